The Morgan fingerprint density at radius 2 is 2.44 bits per heavy atom. The van der Waals surface area contributed by atoms with E-state index in [1.165, 1.54) is 6.26 Å². The summed E-state index contributed by atoms with van der Waals surface area (Å²) in [4.78, 5) is 22.0. The molecule has 1 aromatic rings. The lowest BCUT2D eigenvalue weighted by Crippen LogP contribution is -2.39. The minimum atomic E-state index is -0.849. The third kappa shape index (κ3) is 2.24. The largest absolute Gasteiger partial charge is 0.481 e. The molecule has 2 heterocycles. The maximum Gasteiger partial charge on any atom is 0.303 e. The van der Waals surface area contributed by atoms with E-state index in [0.29, 0.717) is 18.6 Å². The lowest BCUT2D eigenvalue weighted by atomic mass is 9.86. The molecule has 2 atom stereocenters. The Bertz CT molecular complexity index is 385. The van der Waals surface area contributed by atoms with Gasteiger partial charge in [0.05, 0.1) is 18.7 Å². The molecule has 0 aromatic carbocycles. The molecule has 16 heavy (non-hydrogen) atoms. The van der Waals surface area contributed by atoms with Gasteiger partial charge in [0.1, 0.15) is 5.76 Å². The van der Waals surface area contributed by atoms with Crippen LogP contribution in [0.15, 0.2) is 22.8 Å². The van der Waals surface area contributed by atoms with Crippen LogP contribution in [0.1, 0.15) is 31.1 Å². The standard InChI is InChI=1S/C11H13NO4/c13-9-4-3-7(6-10(14)15)11(12-9)8-2-1-5-16-8/h1-2,5,7,11H,3-4,6H2,(H,12,13)(H,14,15)/t7-,11+/m1/s1. The topological polar surface area (TPSA) is 79.5 Å². The lowest BCUT2D eigenvalue weighted by Gasteiger charge is -2.29. The van der Waals surface area contributed by atoms with Crippen molar-refractivity contribution in [1.29, 1.82) is 0 Å². The molecule has 5 heteroatoms. The summed E-state index contributed by atoms with van der Waals surface area (Å²) in [6.07, 6.45) is 2.54. The van der Waals surface area contributed by atoms with Gasteiger partial charge in [0.2, 0.25) is 5.91 Å². The zero-order valence-electron chi connectivity index (χ0n) is 8.68. The molecule has 0 aliphatic carbocycles. The Hall–Kier alpha value is -1.78. The Kier molecular flexibility index (Phi) is 2.94. The van der Waals surface area contributed by atoms with Gasteiger partial charge in [-0.15, -0.1) is 0 Å². The number of carboxylic acid groups (broad SMARTS) is 1. The van der Waals surface area contributed by atoms with Crippen LogP contribution in [0.4, 0.5) is 0 Å². The predicted molar refractivity (Wildman–Crippen MR) is 54.6 cm³/mol. The van der Waals surface area contributed by atoms with Gasteiger partial charge in [0.25, 0.3) is 0 Å². The van der Waals surface area contributed by atoms with Crippen molar-refractivity contribution in [3.05, 3.63) is 24.2 Å². The Balaban J connectivity index is 2.15. The Morgan fingerprint density at radius 3 is 3.06 bits per heavy atom. The zero-order chi connectivity index (χ0) is 11.5. The molecule has 1 aliphatic rings. The van der Waals surface area contributed by atoms with Crippen molar-refractivity contribution in [2.24, 2.45) is 5.92 Å². The summed E-state index contributed by atoms with van der Waals surface area (Å²) < 4.78 is 5.23. The van der Waals surface area contributed by atoms with Crippen LogP contribution in [-0.4, -0.2) is 17.0 Å². The molecule has 1 aromatic heterocycles. The van der Waals surface area contributed by atoms with Gasteiger partial charge < -0.3 is 14.8 Å². The van der Waals surface area contributed by atoms with Crippen LogP contribution in [0.25, 0.3) is 0 Å². The second-order valence-electron chi connectivity index (χ2n) is 3.96. The molecule has 0 unspecified atom stereocenters. The summed E-state index contributed by atoms with van der Waals surface area (Å²) in [5.74, 6) is -0.374. The van der Waals surface area contributed by atoms with Crippen LogP contribution < -0.4 is 5.32 Å². The molecule has 2 N–H and O–H groups in total. The molecular formula is C11H13NO4. The number of nitrogens with one attached hydrogen (secondary N) is 1. The first-order valence-electron chi connectivity index (χ1n) is 5.21. The second kappa shape index (κ2) is 4.38. The van der Waals surface area contributed by atoms with Gasteiger partial charge in [-0.2, -0.15) is 0 Å². The summed E-state index contributed by atoms with van der Waals surface area (Å²) in [5.41, 5.74) is 0. The highest BCUT2D eigenvalue weighted by atomic mass is 16.4. The quantitative estimate of drug-likeness (QED) is 0.809. The number of hydrogen-bond donors (Lipinski definition) is 2. The van der Waals surface area contributed by atoms with Crippen molar-refractivity contribution in [3.8, 4) is 0 Å². The molecular weight excluding hydrogens is 210 g/mol. The molecule has 1 saturated heterocycles. The van der Waals surface area contributed by atoms with Crippen molar-refractivity contribution in [2.45, 2.75) is 25.3 Å². The highest BCUT2D eigenvalue weighted by Gasteiger charge is 2.32. The van der Waals surface area contributed by atoms with Crippen molar-refractivity contribution in [2.75, 3.05) is 0 Å². The number of carbonyl (C=O) groups is 2. The number of amides is 1. The fourth-order valence-corrected chi connectivity index (χ4v) is 2.06. The number of furan rings is 1. The molecule has 0 spiro atoms. The third-order valence-corrected chi connectivity index (χ3v) is 2.82. The van der Waals surface area contributed by atoms with E-state index in [1.807, 2.05) is 0 Å². The Labute approximate surface area is 92.4 Å². The Morgan fingerprint density at radius 1 is 1.62 bits per heavy atom. The van der Waals surface area contributed by atoms with Crippen molar-refractivity contribution in [1.82, 2.24) is 5.32 Å². The summed E-state index contributed by atoms with van der Waals surface area (Å²) in [5, 5.41) is 11.6. The fourth-order valence-electron chi connectivity index (χ4n) is 2.06. The number of piperidine rings is 1. The lowest BCUT2D eigenvalue weighted by molar-refractivity contribution is -0.139. The van der Waals surface area contributed by atoms with Crippen molar-refractivity contribution in [3.63, 3.8) is 0 Å². The average molecular weight is 223 g/mol. The highest BCUT2D eigenvalue weighted by Crippen LogP contribution is 2.32. The molecule has 1 aliphatic heterocycles. The number of carboxylic acids is 1. The minimum Gasteiger partial charge on any atom is -0.481 e. The SMILES string of the molecule is O=C(O)C[C@H]1CCC(=O)N[C@@H]1c1ccco1. The van der Waals surface area contributed by atoms with E-state index in [2.05, 4.69) is 5.32 Å². The number of rotatable bonds is 3. The smallest absolute Gasteiger partial charge is 0.303 e. The fraction of sp³-hybridized carbons (Fsp3) is 0.455. The normalized spacial score (nSPS) is 25.1. The summed E-state index contributed by atoms with van der Waals surface area (Å²) in [6.45, 7) is 0. The molecule has 1 amide bonds. The monoisotopic (exact) mass is 223 g/mol. The predicted octanol–water partition coefficient (Wildman–Crippen LogP) is 1.32. The molecule has 0 bridgehead atoms. The maximum atomic E-state index is 11.3. The molecule has 5 nitrogen and oxygen atoms in total. The number of aliphatic carboxylic acids is 1. The number of carbonyl (C=O) groups excluding carboxylic acids is 1. The van der Waals surface area contributed by atoms with Gasteiger partial charge in [-0.1, -0.05) is 0 Å². The van der Waals surface area contributed by atoms with Crippen LogP contribution in [0.2, 0.25) is 0 Å². The summed E-state index contributed by atoms with van der Waals surface area (Å²) >= 11 is 0. The van der Waals surface area contributed by atoms with Crippen LogP contribution >= 0.6 is 0 Å². The van der Waals surface area contributed by atoms with E-state index in [4.69, 9.17) is 9.52 Å². The first-order chi connectivity index (χ1) is 7.66. The first kappa shape index (κ1) is 10.7. The highest BCUT2D eigenvalue weighted by molar-refractivity contribution is 5.77. The van der Waals surface area contributed by atoms with E-state index in [-0.39, 0.29) is 24.3 Å². The van der Waals surface area contributed by atoms with Gasteiger partial charge in [-0.25, -0.2) is 0 Å². The van der Waals surface area contributed by atoms with E-state index < -0.39 is 5.97 Å². The van der Waals surface area contributed by atoms with Gasteiger partial charge in [-0.05, 0) is 24.5 Å². The first-order valence-corrected chi connectivity index (χ1v) is 5.21. The van der Waals surface area contributed by atoms with E-state index >= 15 is 0 Å². The molecule has 2 rings (SSSR count). The average Bonchev–Trinajstić information content (AvgIpc) is 2.73. The van der Waals surface area contributed by atoms with Gasteiger partial charge >= 0.3 is 5.97 Å². The van der Waals surface area contributed by atoms with E-state index in [1.54, 1.807) is 12.1 Å². The minimum absolute atomic E-state index is 0.0473. The molecule has 1 fully saturated rings. The zero-order valence-corrected chi connectivity index (χ0v) is 8.68. The van der Waals surface area contributed by atoms with Crippen LogP contribution in [0, 0.1) is 5.92 Å². The molecule has 0 saturated carbocycles. The summed E-state index contributed by atoms with van der Waals surface area (Å²) in [6, 6.07) is 3.17. The maximum absolute atomic E-state index is 11.3. The van der Waals surface area contributed by atoms with Crippen LogP contribution in [-0.2, 0) is 9.59 Å². The van der Waals surface area contributed by atoms with Crippen molar-refractivity contribution < 1.29 is 19.1 Å². The van der Waals surface area contributed by atoms with Gasteiger partial charge in [0.15, 0.2) is 0 Å². The number of hydrogen-bond acceptors (Lipinski definition) is 3. The third-order valence-electron chi connectivity index (χ3n) is 2.82. The van der Waals surface area contributed by atoms with Crippen LogP contribution in [0.5, 0.6) is 0 Å². The van der Waals surface area contributed by atoms with E-state index in [9.17, 15) is 9.59 Å². The molecule has 86 valence electrons. The van der Waals surface area contributed by atoms with Gasteiger partial charge in [0, 0.05) is 6.42 Å². The second-order valence-corrected chi connectivity index (χ2v) is 3.96. The van der Waals surface area contributed by atoms with Crippen LogP contribution in [0.3, 0.4) is 0 Å². The van der Waals surface area contributed by atoms with Crippen molar-refractivity contribution >= 4 is 11.9 Å². The van der Waals surface area contributed by atoms with Gasteiger partial charge in [-0.3, -0.25) is 9.59 Å². The molecule has 0 radical (unpaired) electrons. The summed E-state index contributed by atoms with van der Waals surface area (Å²) in [7, 11) is 0. The van der Waals surface area contributed by atoms with E-state index in [0.717, 1.165) is 0 Å².